The summed E-state index contributed by atoms with van der Waals surface area (Å²) in [6, 6.07) is 3.92. The second-order valence-corrected chi connectivity index (χ2v) is 3.78. The smallest absolute Gasteiger partial charge is 0.177 e. The van der Waals surface area contributed by atoms with E-state index in [-0.39, 0.29) is 0 Å². The molecule has 0 amide bonds. The molecule has 0 aromatic carbocycles. The lowest BCUT2D eigenvalue weighted by atomic mass is 10.3. The van der Waals surface area contributed by atoms with E-state index in [0.29, 0.717) is 0 Å². The minimum absolute atomic E-state index is 0.837. The molecule has 0 atom stereocenters. The molecule has 0 N–H and O–H groups in total. The number of furan rings is 1. The van der Waals surface area contributed by atoms with Gasteiger partial charge in [0.2, 0.25) is 0 Å². The van der Waals surface area contributed by atoms with Crippen molar-refractivity contribution in [1.29, 1.82) is 0 Å². The number of hydrogen-bond donors (Lipinski definition) is 0. The highest BCUT2D eigenvalue weighted by Crippen LogP contribution is 2.24. The summed E-state index contributed by atoms with van der Waals surface area (Å²) >= 11 is 3.39. The number of imidazole rings is 1. The molecule has 2 rings (SSSR count). The lowest BCUT2D eigenvalue weighted by Crippen LogP contribution is -1.96. The molecule has 0 unspecified atom stereocenters. The minimum Gasteiger partial charge on any atom is -0.460 e. The molecule has 14 heavy (non-hydrogen) atoms. The Morgan fingerprint density at radius 2 is 2.29 bits per heavy atom. The van der Waals surface area contributed by atoms with Crippen LogP contribution in [0.5, 0.6) is 0 Å². The first-order valence-corrected chi connectivity index (χ1v) is 5.29. The Kier molecular flexibility index (Phi) is 2.46. The Bertz CT molecular complexity index is 445. The quantitative estimate of drug-likeness (QED) is 0.824. The Balaban J connectivity index is 2.51. The van der Waals surface area contributed by atoms with Crippen molar-refractivity contribution in [1.82, 2.24) is 9.55 Å². The first kappa shape index (κ1) is 9.52. The van der Waals surface area contributed by atoms with Crippen molar-refractivity contribution in [3.63, 3.8) is 0 Å². The summed E-state index contributed by atoms with van der Waals surface area (Å²) in [5.74, 6) is 1.78. The van der Waals surface area contributed by atoms with Crippen molar-refractivity contribution in [3.05, 3.63) is 28.8 Å². The van der Waals surface area contributed by atoms with Gasteiger partial charge >= 0.3 is 0 Å². The second kappa shape index (κ2) is 3.61. The van der Waals surface area contributed by atoms with E-state index in [1.54, 1.807) is 0 Å². The molecule has 2 heterocycles. The van der Waals surface area contributed by atoms with E-state index in [9.17, 15) is 0 Å². The topological polar surface area (TPSA) is 31.0 Å². The van der Waals surface area contributed by atoms with E-state index in [0.717, 1.165) is 28.5 Å². The maximum Gasteiger partial charge on any atom is 0.177 e. The molecule has 2 aromatic rings. The van der Waals surface area contributed by atoms with Gasteiger partial charge in [0.25, 0.3) is 0 Å². The average Bonchev–Trinajstić information content (AvgIpc) is 2.71. The van der Waals surface area contributed by atoms with Crippen molar-refractivity contribution in [2.24, 2.45) is 0 Å². The monoisotopic (exact) mass is 254 g/mol. The summed E-state index contributed by atoms with van der Waals surface area (Å²) in [4.78, 5) is 4.19. The fraction of sp³-hybridized carbons (Fsp3) is 0.300. The molecule has 0 aliphatic carbocycles. The molecule has 0 fully saturated rings. The standard InChI is InChI=1S/C10H11BrN2O/c1-3-13-8(6-12-10(13)11)9-5-4-7(2)14-9/h4-6H,3H2,1-2H3. The molecular weight excluding hydrogens is 244 g/mol. The predicted octanol–water partition coefficient (Wildman–Crippen LogP) is 3.23. The third-order valence-corrected chi connectivity index (χ3v) is 2.75. The van der Waals surface area contributed by atoms with Crippen LogP contribution in [-0.2, 0) is 6.54 Å². The highest BCUT2D eigenvalue weighted by atomic mass is 79.9. The molecule has 74 valence electrons. The van der Waals surface area contributed by atoms with Gasteiger partial charge in [-0.3, -0.25) is 0 Å². The van der Waals surface area contributed by atoms with Gasteiger partial charge in [0, 0.05) is 6.54 Å². The molecule has 0 saturated carbocycles. The molecule has 0 bridgehead atoms. The van der Waals surface area contributed by atoms with Crippen LogP contribution in [0.3, 0.4) is 0 Å². The lowest BCUT2D eigenvalue weighted by molar-refractivity contribution is 0.541. The van der Waals surface area contributed by atoms with E-state index < -0.39 is 0 Å². The van der Waals surface area contributed by atoms with Crippen molar-refractivity contribution in [3.8, 4) is 11.5 Å². The summed E-state index contributed by atoms with van der Waals surface area (Å²) in [7, 11) is 0. The van der Waals surface area contributed by atoms with Gasteiger partial charge in [-0.2, -0.15) is 0 Å². The zero-order valence-electron chi connectivity index (χ0n) is 8.12. The molecule has 0 aliphatic rings. The van der Waals surface area contributed by atoms with Crippen molar-refractivity contribution in [2.45, 2.75) is 20.4 Å². The first-order chi connectivity index (χ1) is 6.72. The van der Waals surface area contributed by atoms with E-state index in [1.807, 2.05) is 25.3 Å². The molecule has 0 radical (unpaired) electrons. The zero-order chi connectivity index (χ0) is 10.1. The normalized spacial score (nSPS) is 10.8. The van der Waals surface area contributed by atoms with E-state index in [1.165, 1.54) is 0 Å². The highest BCUT2D eigenvalue weighted by Gasteiger charge is 2.10. The van der Waals surface area contributed by atoms with Crippen molar-refractivity contribution >= 4 is 15.9 Å². The van der Waals surface area contributed by atoms with E-state index >= 15 is 0 Å². The fourth-order valence-corrected chi connectivity index (χ4v) is 1.97. The maximum atomic E-state index is 5.54. The van der Waals surface area contributed by atoms with Crippen LogP contribution < -0.4 is 0 Å². The Morgan fingerprint density at radius 1 is 1.50 bits per heavy atom. The largest absolute Gasteiger partial charge is 0.460 e. The molecule has 4 heteroatoms. The zero-order valence-corrected chi connectivity index (χ0v) is 9.71. The van der Waals surface area contributed by atoms with Crippen LogP contribution >= 0.6 is 15.9 Å². The van der Waals surface area contributed by atoms with Crippen LogP contribution in [0.25, 0.3) is 11.5 Å². The van der Waals surface area contributed by atoms with Gasteiger partial charge in [0.05, 0.1) is 6.20 Å². The number of rotatable bonds is 2. The van der Waals surface area contributed by atoms with Crippen LogP contribution in [-0.4, -0.2) is 9.55 Å². The summed E-state index contributed by atoms with van der Waals surface area (Å²) in [5.41, 5.74) is 1.01. The van der Waals surface area contributed by atoms with Crippen LogP contribution in [0.4, 0.5) is 0 Å². The molecular formula is C10H11BrN2O. The number of halogens is 1. The number of aryl methyl sites for hydroxylation is 1. The molecule has 0 aliphatic heterocycles. The van der Waals surface area contributed by atoms with Gasteiger partial charge in [-0.25, -0.2) is 4.98 Å². The lowest BCUT2D eigenvalue weighted by Gasteiger charge is -2.02. The fourth-order valence-electron chi connectivity index (χ4n) is 1.42. The summed E-state index contributed by atoms with van der Waals surface area (Å²) in [5, 5.41) is 0. The van der Waals surface area contributed by atoms with Gasteiger partial charge in [-0.15, -0.1) is 0 Å². The number of nitrogens with zero attached hydrogens (tertiary/aromatic N) is 2. The van der Waals surface area contributed by atoms with Crippen molar-refractivity contribution in [2.75, 3.05) is 0 Å². The van der Waals surface area contributed by atoms with Crippen LogP contribution in [0.15, 0.2) is 27.5 Å². The third-order valence-electron chi connectivity index (χ3n) is 2.12. The number of hydrogen-bond acceptors (Lipinski definition) is 2. The number of aromatic nitrogens is 2. The molecule has 0 spiro atoms. The van der Waals surface area contributed by atoms with Gasteiger partial charge in [-0.05, 0) is 41.9 Å². The van der Waals surface area contributed by atoms with E-state index in [2.05, 4.69) is 32.4 Å². The molecule has 3 nitrogen and oxygen atoms in total. The van der Waals surface area contributed by atoms with Gasteiger partial charge in [-0.1, -0.05) is 0 Å². The van der Waals surface area contributed by atoms with Crippen LogP contribution in [0.1, 0.15) is 12.7 Å². The third kappa shape index (κ3) is 1.50. The Labute approximate surface area is 90.9 Å². The van der Waals surface area contributed by atoms with E-state index in [4.69, 9.17) is 4.42 Å². The summed E-state index contributed by atoms with van der Waals surface area (Å²) in [6.45, 7) is 4.88. The SMILES string of the molecule is CCn1c(-c2ccc(C)o2)cnc1Br. The molecule has 2 aromatic heterocycles. The molecule has 0 saturated heterocycles. The second-order valence-electron chi connectivity index (χ2n) is 3.07. The van der Waals surface area contributed by atoms with Gasteiger partial charge < -0.3 is 8.98 Å². The van der Waals surface area contributed by atoms with Crippen LogP contribution in [0, 0.1) is 6.92 Å². The maximum absolute atomic E-state index is 5.54. The van der Waals surface area contributed by atoms with Crippen LogP contribution in [0.2, 0.25) is 0 Å². The predicted molar refractivity (Wildman–Crippen MR) is 58.0 cm³/mol. The average molecular weight is 255 g/mol. The summed E-state index contributed by atoms with van der Waals surface area (Å²) in [6.07, 6.45) is 1.81. The van der Waals surface area contributed by atoms with Gasteiger partial charge in [0.1, 0.15) is 11.5 Å². The minimum atomic E-state index is 0.837. The summed E-state index contributed by atoms with van der Waals surface area (Å²) < 4.78 is 8.43. The highest BCUT2D eigenvalue weighted by molar-refractivity contribution is 9.10. The van der Waals surface area contributed by atoms with Crippen molar-refractivity contribution < 1.29 is 4.42 Å². The first-order valence-electron chi connectivity index (χ1n) is 4.50. The Hall–Kier alpha value is -1.03. The van der Waals surface area contributed by atoms with Gasteiger partial charge in [0.15, 0.2) is 10.5 Å². The Morgan fingerprint density at radius 3 is 2.86 bits per heavy atom.